The molecular weight excluding hydrogens is 399 g/mol. The van der Waals surface area contributed by atoms with Crippen LogP contribution in [0.5, 0.6) is 5.75 Å². The molecule has 0 bridgehead atoms. The Bertz CT molecular complexity index is 692. The molecule has 26 heavy (non-hydrogen) atoms. The molecule has 1 aliphatic rings. The molecule has 0 unspecified atom stereocenters. The van der Waals surface area contributed by atoms with E-state index in [0.717, 1.165) is 25.9 Å². The van der Waals surface area contributed by atoms with Crippen LogP contribution in [0.4, 0.5) is 0 Å². The number of hydrogen-bond acceptors (Lipinski definition) is 5. The van der Waals surface area contributed by atoms with Crippen molar-refractivity contribution in [3.63, 3.8) is 0 Å². The van der Waals surface area contributed by atoms with E-state index in [-0.39, 0.29) is 12.6 Å². The number of piperidine rings is 1. The SMILES string of the molecule is CC(C)S(=O)(=O)NC[C@@H](O)CN1CCC(Oc2ccc(Cl)c(Cl)c2)CC1. The second-order valence-electron chi connectivity index (χ2n) is 6.79. The number of benzene rings is 1. The molecule has 2 rings (SSSR count). The van der Waals surface area contributed by atoms with Gasteiger partial charge in [0, 0.05) is 32.2 Å². The van der Waals surface area contributed by atoms with Gasteiger partial charge in [-0.3, -0.25) is 0 Å². The molecule has 1 aromatic carbocycles. The highest BCUT2D eigenvalue weighted by molar-refractivity contribution is 7.90. The molecular formula is C17H26Cl2N2O4S. The lowest BCUT2D eigenvalue weighted by molar-refractivity contribution is 0.0630. The summed E-state index contributed by atoms with van der Waals surface area (Å²) in [6.45, 7) is 5.22. The van der Waals surface area contributed by atoms with Gasteiger partial charge in [-0.2, -0.15) is 0 Å². The van der Waals surface area contributed by atoms with E-state index in [1.807, 2.05) is 0 Å². The number of sulfonamides is 1. The summed E-state index contributed by atoms with van der Waals surface area (Å²) in [7, 11) is -3.35. The molecule has 0 saturated carbocycles. The maximum Gasteiger partial charge on any atom is 0.214 e. The normalized spacial score (nSPS) is 18.2. The van der Waals surface area contributed by atoms with Gasteiger partial charge in [-0.05, 0) is 38.8 Å². The zero-order chi connectivity index (χ0) is 19.3. The molecule has 2 N–H and O–H groups in total. The number of likely N-dealkylation sites (tertiary alicyclic amines) is 1. The second-order valence-corrected chi connectivity index (χ2v) is 9.93. The Morgan fingerprint density at radius 2 is 1.92 bits per heavy atom. The summed E-state index contributed by atoms with van der Waals surface area (Å²) < 4.78 is 31.8. The second kappa shape index (κ2) is 9.57. The number of rotatable bonds is 8. The first-order valence-corrected chi connectivity index (χ1v) is 11.0. The molecule has 6 nitrogen and oxygen atoms in total. The summed E-state index contributed by atoms with van der Waals surface area (Å²) in [6.07, 6.45) is 0.992. The number of aliphatic hydroxyl groups is 1. The molecule has 1 fully saturated rings. The van der Waals surface area contributed by atoms with Gasteiger partial charge in [0.2, 0.25) is 10.0 Å². The Hall–Kier alpha value is -0.570. The minimum atomic E-state index is -3.35. The van der Waals surface area contributed by atoms with Crippen LogP contribution in [-0.2, 0) is 10.0 Å². The van der Waals surface area contributed by atoms with Crippen molar-refractivity contribution in [2.75, 3.05) is 26.2 Å². The number of halogens is 2. The van der Waals surface area contributed by atoms with Crippen LogP contribution < -0.4 is 9.46 Å². The first-order valence-electron chi connectivity index (χ1n) is 8.68. The van der Waals surface area contributed by atoms with Crippen LogP contribution in [-0.4, -0.2) is 62.1 Å². The molecule has 0 aromatic heterocycles. The van der Waals surface area contributed by atoms with Crippen LogP contribution >= 0.6 is 23.2 Å². The van der Waals surface area contributed by atoms with E-state index in [1.165, 1.54) is 0 Å². The maximum absolute atomic E-state index is 11.7. The van der Waals surface area contributed by atoms with Crippen LogP contribution in [0, 0.1) is 0 Å². The third kappa shape index (κ3) is 6.55. The van der Waals surface area contributed by atoms with E-state index in [0.29, 0.717) is 22.3 Å². The van der Waals surface area contributed by atoms with Gasteiger partial charge < -0.3 is 14.7 Å². The molecule has 1 heterocycles. The van der Waals surface area contributed by atoms with E-state index in [2.05, 4.69) is 9.62 Å². The fraction of sp³-hybridized carbons (Fsp3) is 0.647. The maximum atomic E-state index is 11.7. The molecule has 1 atom stereocenters. The van der Waals surface area contributed by atoms with Crippen molar-refractivity contribution in [3.8, 4) is 5.75 Å². The standard InChI is InChI=1S/C17H26Cl2N2O4S/c1-12(2)26(23,24)20-10-13(22)11-21-7-5-14(6-8-21)25-15-3-4-16(18)17(19)9-15/h3-4,9,12-14,20,22H,5-8,10-11H2,1-2H3/t13-/m1/s1. The lowest BCUT2D eigenvalue weighted by Crippen LogP contribution is -2.45. The van der Waals surface area contributed by atoms with Crippen molar-refractivity contribution in [1.82, 2.24) is 9.62 Å². The van der Waals surface area contributed by atoms with E-state index in [1.54, 1.807) is 32.0 Å². The van der Waals surface area contributed by atoms with Gasteiger partial charge in [0.1, 0.15) is 11.9 Å². The average molecular weight is 425 g/mol. The summed E-state index contributed by atoms with van der Waals surface area (Å²) >= 11 is 11.9. The van der Waals surface area contributed by atoms with Gasteiger partial charge in [0.05, 0.1) is 21.4 Å². The largest absolute Gasteiger partial charge is 0.490 e. The van der Waals surface area contributed by atoms with Crippen molar-refractivity contribution in [1.29, 1.82) is 0 Å². The predicted octanol–water partition coefficient (Wildman–Crippen LogP) is 2.53. The third-order valence-electron chi connectivity index (χ3n) is 4.34. The van der Waals surface area contributed by atoms with Crippen molar-refractivity contribution in [2.24, 2.45) is 0 Å². The highest BCUT2D eigenvalue weighted by atomic mass is 35.5. The fourth-order valence-electron chi connectivity index (χ4n) is 2.69. The fourth-order valence-corrected chi connectivity index (χ4v) is 3.74. The number of nitrogens with one attached hydrogen (secondary N) is 1. The number of β-amino-alcohol motifs (C(OH)–C–C–N with tert-alkyl or cyclic N) is 1. The van der Waals surface area contributed by atoms with Crippen LogP contribution in [0.15, 0.2) is 18.2 Å². The third-order valence-corrected chi connectivity index (χ3v) is 6.89. The van der Waals surface area contributed by atoms with Gasteiger partial charge in [-0.15, -0.1) is 0 Å². The molecule has 148 valence electrons. The van der Waals surface area contributed by atoms with Crippen molar-refractivity contribution in [3.05, 3.63) is 28.2 Å². The van der Waals surface area contributed by atoms with Crippen LogP contribution in [0.2, 0.25) is 10.0 Å². The number of hydrogen-bond donors (Lipinski definition) is 2. The molecule has 1 aromatic rings. The van der Waals surface area contributed by atoms with Crippen molar-refractivity contribution < 1.29 is 18.3 Å². The van der Waals surface area contributed by atoms with Crippen molar-refractivity contribution in [2.45, 2.75) is 44.1 Å². The predicted molar refractivity (Wildman–Crippen MR) is 105 cm³/mol. The Kier molecular flexibility index (Phi) is 8.00. The number of nitrogens with zero attached hydrogens (tertiary/aromatic N) is 1. The molecule has 0 spiro atoms. The monoisotopic (exact) mass is 424 g/mol. The first-order chi connectivity index (χ1) is 12.2. The minimum absolute atomic E-state index is 0.0280. The topological polar surface area (TPSA) is 78.9 Å². The lowest BCUT2D eigenvalue weighted by Gasteiger charge is -2.33. The molecule has 9 heteroatoms. The van der Waals surface area contributed by atoms with Crippen LogP contribution in [0.1, 0.15) is 26.7 Å². The van der Waals surface area contributed by atoms with Crippen LogP contribution in [0.25, 0.3) is 0 Å². The zero-order valence-corrected chi connectivity index (χ0v) is 17.3. The number of ether oxygens (including phenoxy) is 1. The van der Waals surface area contributed by atoms with Gasteiger partial charge in [-0.1, -0.05) is 23.2 Å². The molecule has 0 aliphatic carbocycles. The molecule has 0 amide bonds. The molecule has 0 radical (unpaired) electrons. The molecule has 1 aliphatic heterocycles. The lowest BCUT2D eigenvalue weighted by atomic mass is 10.1. The Balaban J connectivity index is 1.73. The van der Waals surface area contributed by atoms with Gasteiger partial charge in [0.25, 0.3) is 0 Å². The Labute approximate surface area is 165 Å². The highest BCUT2D eigenvalue weighted by Crippen LogP contribution is 2.28. The zero-order valence-electron chi connectivity index (χ0n) is 15.0. The summed E-state index contributed by atoms with van der Waals surface area (Å²) in [5, 5.41) is 10.5. The summed E-state index contributed by atoms with van der Waals surface area (Å²) in [6, 6.07) is 5.22. The molecule has 1 saturated heterocycles. The van der Waals surface area contributed by atoms with Gasteiger partial charge in [0.15, 0.2) is 0 Å². The summed E-state index contributed by atoms with van der Waals surface area (Å²) in [4.78, 5) is 2.11. The number of aliphatic hydroxyl groups excluding tert-OH is 1. The summed E-state index contributed by atoms with van der Waals surface area (Å²) in [5.74, 6) is 0.695. The Morgan fingerprint density at radius 3 is 2.50 bits per heavy atom. The Morgan fingerprint density at radius 1 is 1.27 bits per heavy atom. The summed E-state index contributed by atoms with van der Waals surface area (Å²) in [5.41, 5.74) is 0. The van der Waals surface area contributed by atoms with E-state index in [4.69, 9.17) is 27.9 Å². The van der Waals surface area contributed by atoms with Crippen molar-refractivity contribution >= 4 is 33.2 Å². The van der Waals surface area contributed by atoms with Gasteiger partial charge in [-0.25, -0.2) is 13.1 Å². The van der Waals surface area contributed by atoms with Gasteiger partial charge >= 0.3 is 0 Å². The quantitative estimate of drug-likeness (QED) is 0.669. The minimum Gasteiger partial charge on any atom is -0.490 e. The van der Waals surface area contributed by atoms with E-state index < -0.39 is 21.4 Å². The van der Waals surface area contributed by atoms with E-state index in [9.17, 15) is 13.5 Å². The van der Waals surface area contributed by atoms with Crippen LogP contribution in [0.3, 0.4) is 0 Å². The van der Waals surface area contributed by atoms with E-state index >= 15 is 0 Å². The highest BCUT2D eigenvalue weighted by Gasteiger charge is 2.23. The first kappa shape index (κ1) is 21.7. The smallest absolute Gasteiger partial charge is 0.214 e. The average Bonchev–Trinajstić information content (AvgIpc) is 2.58.